The van der Waals surface area contributed by atoms with Gasteiger partial charge in [0.1, 0.15) is 0 Å². The van der Waals surface area contributed by atoms with Crippen molar-refractivity contribution in [3.05, 3.63) is 59.7 Å². The summed E-state index contributed by atoms with van der Waals surface area (Å²) in [6, 6.07) is 16.4. The van der Waals surface area contributed by atoms with Gasteiger partial charge < -0.3 is 14.4 Å². The van der Waals surface area contributed by atoms with Gasteiger partial charge in [0, 0.05) is 44.5 Å². The van der Waals surface area contributed by atoms with Crippen molar-refractivity contribution in [1.29, 1.82) is 0 Å². The Morgan fingerprint density at radius 1 is 0.967 bits per heavy atom. The molecule has 156 valence electrons. The topological polar surface area (TPSA) is 54.3 Å². The minimum absolute atomic E-state index is 0.157. The first-order chi connectivity index (χ1) is 14.5. The molecule has 2 aromatic carbocycles. The second-order valence-corrected chi connectivity index (χ2v) is 8.55. The van der Waals surface area contributed by atoms with E-state index >= 15 is 0 Å². The Hall–Kier alpha value is -2.80. The van der Waals surface area contributed by atoms with Crippen LogP contribution in [0.2, 0.25) is 0 Å². The SMILES string of the molecule is Cc1cccc(N2CCN(C(=O)CSc3nnc(-c4ccccc4)n3C)CC2)c1C. The van der Waals surface area contributed by atoms with Gasteiger partial charge in [-0.15, -0.1) is 10.2 Å². The van der Waals surface area contributed by atoms with E-state index in [1.165, 1.54) is 28.6 Å². The van der Waals surface area contributed by atoms with Gasteiger partial charge in [0.15, 0.2) is 11.0 Å². The Kier molecular flexibility index (Phi) is 6.08. The van der Waals surface area contributed by atoms with Crippen LogP contribution in [0.25, 0.3) is 11.4 Å². The molecule has 1 amide bonds. The quantitative estimate of drug-likeness (QED) is 0.590. The molecule has 1 aliphatic rings. The number of aryl methyl sites for hydroxylation is 1. The normalized spacial score (nSPS) is 14.2. The lowest BCUT2D eigenvalue weighted by atomic mass is 10.1. The monoisotopic (exact) mass is 421 g/mol. The molecule has 0 unspecified atom stereocenters. The molecule has 1 fully saturated rings. The zero-order valence-corrected chi connectivity index (χ0v) is 18.5. The number of nitrogens with zero attached hydrogens (tertiary/aromatic N) is 5. The van der Waals surface area contributed by atoms with Crippen LogP contribution >= 0.6 is 11.8 Å². The molecule has 2 heterocycles. The maximum atomic E-state index is 12.8. The highest BCUT2D eigenvalue weighted by atomic mass is 32.2. The largest absolute Gasteiger partial charge is 0.368 e. The van der Waals surface area contributed by atoms with Gasteiger partial charge in [-0.2, -0.15) is 0 Å². The number of amides is 1. The molecule has 4 rings (SSSR count). The average Bonchev–Trinajstić information content (AvgIpc) is 3.15. The average molecular weight is 422 g/mol. The molecule has 0 aliphatic carbocycles. The van der Waals surface area contributed by atoms with E-state index in [-0.39, 0.29) is 5.91 Å². The van der Waals surface area contributed by atoms with E-state index in [9.17, 15) is 4.79 Å². The van der Waals surface area contributed by atoms with Gasteiger partial charge in [-0.05, 0) is 31.0 Å². The van der Waals surface area contributed by atoms with Crippen LogP contribution in [0.4, 0.5) is 5.69 Å². The number of aromatic nitrogens is 3. The van der Waals surface area contributed by atoms with E-state index in [4.69, 9.17) is 0 Å². The van der Waals surface area contributed by atoms with Crippen molar-refractivity contribution < 1.29 is 4.79 Å². The molecule has 0 N–H and O–H groups in total. The lowest BCUT2D eigenvalue weighted by molar-refractivity contribution is -0.128. The van der Waals surface area contributed by atoms with E-state index < -0.39 is 0 Å². The molecular formula is C23H27N5OS. The number of carbonyl (C=O) groups is 1. The van der Waals surface area contributed by atoms with Crippen molar-refractivity contribution in [2.45, 2.75) is 19.0 Å². The molecule has 7 heteroatoms. The van der Waals surface area contributed by atoms with Crippen molar-refractivity contribution in [1.82, 2.24) is 19.7 Å². The molecule has 0 spiro atoms. The van der Waals surface area contributed by atoms with Gasteiger partial charge >= 0.3 is 0 Å². The van der Waals surface area contributed by atoms with Crippen LogP contribution < -0.4 is 4.90 Å². The Bertz CT molecular complexity index is 1030. The molecule has 3 aromatic rings. The third-order valence-corrected chi connectivity index (χ3v) is 6.75. The molecule has 0 bridgehead atoms. The fourth-order valence-electron chi connectivity index (χ4n) is 3.77. The lowest BCUT2D eigenvalue weighted by Crippen LogP contribution is -2.49. The van der Waals surface area contributed by atoms with Gasteiger partial charge in [-0.25, -0.2) is 0 Å². The van der Waals surface area contributed by atoms with Crippen LogP contribution in [0.5, 0.6) is 0 Å². The first kappa shape index (κ1) is 20.5. The number of piperazine rings is 1. The summed E-state index contributed by atoms with van der Waals surface area (Å²) in [4.78, 5) is 17.1. The molecule has 0 radical (unpaired) electrons. The minimum atomic E-state index is 0.157. The summed E-state index contributed by atoms with van der Waals surface area (Å²) in [5.41, 5.74) is 4.93. The molecule has 0 saturated carbocycles. The summed E-state index contributed by atoms with van der Waals surface area (Å²) in [5.74, 6) is 1.35. The highest BCUT2D eigenvalue weighted by molar-refractivity contribution is 7.99. The number of hydrogen-bond acceptors (Lipinski definition) is 5. The van der Waals surface area contributed by atoms with Crippen molar-refractivity contribution in [3.63, 3.8) is 0 Å². The zero-order chi connectivity index (χ0) is 21.1. The maximum Gasteiger partial charge on any atom is 0.233 e. The summed E-state index contributed by atoms with van der Waals surface area (Å²) in [6.07, 6.45) is 0. The van der Waals surface area contributed by atoms with Crippen LogP contribution in [-0.2, 0) is 11.8 Å². The van der Waals surface area contributed by atoms with Crippen LogP contribution in [0.15, 0.2) is 53.7 Å². The van der Waals surface area contributed by atoms with E-state index in [0.29, 0.717) is 5.75 Å². The smallest absolute Gasteiger partial charge is 0.233 e. The second kappa shape index (κ2) is 8.92. The maximum absolute atomic E-state index is 12.8. The lowest BCUT2D eigenvalue weighted by Gasteiger charge is -2.37. The third kappa shape index (κ3) is 4.21. The number of anilines is 1. The highest BCUT2D eigenvalue weighted by Crippen LogP contribution is 2.25. The van der Waals surface area contributed by atoms with Gasteiger partial charge in [-0.1, -0.05) is 54.2 Å². The Labute approximate surface area is 181 Å². The predicted molar refractivity (Wildman–Crippen MR) is 122 cm³/mol. The van der Waals surface area contributed by atoms with Crippen LogP contribution in [0.1, 0.15) is 11.1 Å². The molecule has 1 saturated heterocycles. The fourth-order valence-corrected chi connectivity index (χ4v) is 4.59. The Morgan fingerprint density at radius 2 is 1.70 bits per heavy atom. The number of benzene rings is 2. The van der Waals surface area contributed by atoms with Gasteiger partial charge in [0.25, 0.3) is 0 Å². The minimum Gasteiger partial charge on any atom is -0.368 e. The number of hydrogen-bond donors (Lipinski definition) is 0. The number of thioether (sulfide) groups is 1. The van der Waals surface area contributed by atoms with Crippen molar-refractivity contribution in [3.8, 4) is 11.4 Å². The van der Waals surface area contributed by atoms with Crippen molar-refractivity contribution in [2.75, 3.05) is 36.8 Å². The third-order valence-electron chi connectivity index (χ3n) is 5.74. The summed E-state index contributed by atoms with van der Waals surface area (Å²) >= 11 is 1.45. The molecule has 30 heavy (non-hydrogen) atoms. The van der Waals surface area contributed by atoms with E-state index in [1.807, 2.05) is 46.8 Å². The van der Waals surface area contributed by atoms with Crippen molar-refractivity contribution in [2.24, 2.45) is 7.05 Å². The summed E-state index contributed by atoms with van der Waals surface area (Å²) in [5, 5.41) is 9.33. The molecule has 0 atom stereocenters. The first-order valence-electron chi connectivity index (χ1n) is 10.2. The van der Waals surface area contributed by atoms with Gasteiger partial charge in [-0.3, -0.25) is 4.79 Å². The number of carbonyl (C=O) groups excluding carboxylic acids is 1. The van der Waals surface area contributed by atoms with Crippen LogP contribution in [-0.4, -0.2) is 57.5 Å². The van der Waals surface area contributed by atoms with E-state index in [1.54, 1.807) is 0 Å². The Balaban J connectivity index is 1.33. The van der Waals surface area contributed by atoms with E-state index in [2.05, 4.69) is 47.1 Å². The van der Waals surface area contributed by atoms with E-state index in [0.717, 1.165) is 42.7 Å². The standard InChI is InChI=1S/C23H27N5OS/c1-17-8-7-11-20(18(17)2)27-12-14-28(15-13-27)21(29)16-30-23-25-24-22(26(23)3)19-9-5-4-6-10-19/h4-11H,12-16H2,1-3H3. The molecule has 1 aromatic heterocycles. The molecule has 1 aliphatic heterocycles. The number of rotatable bonds is 5. The summed E-state index contributed by atoms with van der Waals surface area (Å²) in [7, 11) is 1.94. The predicted octanol–water partition coefficient (Wildman–Crippen LogP) is 3.54. The first-order valence-corrected chi connectivity index (χ1v) is 11.2. The fraction of sp³-hybridized carbons (Fsp3) is 0.348. The van der Waals surface area contributed by atoms with Crippen molar-refractivity contribution >= 4 is 23.4 Å². The summed E-state index contributed by atoms with van der Waals surface area (Å²) in [6.45, 7) is 7.54. The Morgan fingerprint density at radius 3 is 2.43 bits per heavy atom. The molecular weight excluding hydrogens is 394 g/mol. The van der Waals surface area contributed by atoms with Gasteiger partial charge in [0.05, 0.1) is 5.75 Å². The van der Waals surface area contributed by atoms with Gasteiger partial charge in [0.2, 0.25) is 5.91 Å². The van der Waals surface area contributed by atoms with Crippen LogP contribution in [0.3, 0.4) is 0 Å². The second-order valence-electron chi connectivity index (χ2n) is 7.61. The summed E-state index contributed by atoms with van der Waals surface area (Å²) < 4.78 is 1.95. The van der Waals surface area contributed by atoms with Crippen LogP contribution in [0, 0.1) is 13.8 Å². The zero-order valence-electron chi connectivity index (χ0n) is 17.7. The molecule has 6 nitrogen and oxygen atoms in total. The highest BCUT2D eigenvalue weighted by Gasteiger charge is 2.23.